The van der Waals surface area contributed by atoms with Crippen molar-refractivity contribution >= 4 is 12.0 Å². The Bertz CT molecular complexity index is 744. The van der Waals surface area contributed by atoms with Gasteiger partial charge in [0.05, 0.1) is 0 Å². The summed E-state index contributed by atoms with van der Waals surface area (Å²) in [7, 11) is 0. The number of amides is 1. The third-order valence-electron chi connectivity index (χ3n) is 4.93. The summed E-state index contributed by atoms with van der Waals surface area (Å²) in [6.07, 6.45) is 11.1. The molecule has 2 aromatic heterocycles. The summed E-state index contributed by atoms with van der Waals surface area (Å²) in [5.74, 6) is 2.76. The number of likely N-dealkylation sites (tertiary alicyclic amines) is 1. The van der Waals surface area contributed by atoms with Crippen LogP contribution in [0.5, 0.6) is 0 Å². The number of nitrogens with zero attached hydrogens (tertiary/aromatic N) is 5. The van der Waals surface area contributed by atoms with Gasteiger partial charge in [-0.25, -0.2) is 0 Å². The number of hydrogen-bond acceptors (Lipinski definition) is 4. The number of carbonyl (C=O) groups is 1. The monoisotopic (exact) mass is 323 g/mol. The Morgan fingerprint density at radius 1 is 1.12 bits per heavy atom. The highest BCUT2D eigenvalue weighted by Crippen LogP contribution is 2.29. The predicted molar refractivity (Wildman–Crippen MR) is 90.2 cm³/mol. The van der Waals surface area contributed by atoms with Crippen molar-refractivity contribution in [2.24, 2.45) is 0 Å². The van der Waals surface area contributed by atoms with Crippen molar-refractivity contribution in [3.05, 3.63) is 47.8 Å². The molecule has 0 bridgehead atoms. The molecular formula is C18H21N5O. The number of fused-ring (bicyclic) bond motifs is 1. The van der Waals surface area contributed by atoms with Gasteiger partial charge < -0.3 is 9.47 Å². The molecule has 0 atom stereocenters. The van der Waals surface area contributed by atoms with E-state index in [0.29, 0.717) is 5.92 Å². The van der Waals surface area contributed by atoms with Crippen molar-refractivity contribution in [1.29, 1.82) is 0 Å². The maximum Gasteiger partial charge on any atom is 0.246 e. The molecule has 0 aromatic carbocycles. The van der Waals surface area contributed by atoms with Gasteiger partial charge in [-0.15, -0.1) is 10.2 Å². The summed E-state index contributed by atoms with van der Waals surface area (Å²) >= 11 is 0. The molecule has 1 amide bonds. The van der Waals surface area contributed by atoms with Crippen molar-refractivity contribution in [2.45, 2.75) is 38.1 Å². The maximum atomic E-state index is 12.3. The Morgan fingerprint density at radius 3 is 2.71 bits per heavy atom. The van der Waals surface area contributed by atoms with Gasteiger partial charge in [-0.1, -0.05) is 0 Å². The molecular weight excluding hydrogens is 302 g/mol. The highest BCUT2D eigenvalue weighted by Gasteiger charge is 2.28. The molecule has 0 aliphatic carbocycles. The summed E-state index contributed by atoms with van der Waals surface area (Å²) in [6.45, 7) is 2.62. The van der Waals surface area contributed by atoms with Gasteiger partial charge in [-0.05, 0) is 43.0 Å². The van der Waals surface area contributed by atoms with E-state index in [1.54, 1.807) is 18.5 Å². The molecule has 0 radical (unpaired) electrons. The molecule has 4 rings (SSSR count). The number of aromatic nitrogens is 4. The molecule has 0 unspecified atom stereocenters. The van der Waals surface area contributed by atoms with Gasteiger partial charge in [0, 0.05) is 50.4 Å². The third kappa shape index (κ3) is 2.96. The van der Waals surface area contributed by atoms with Crippen LogP contribution in [0.3, 0.4) is 0 Å². The quantitative estimate of drug-likeness (QED) is 0.811. The molecule has 6 heteroatoms. The summed E-state index contributed by atoms with van der Waals surface area (Å²) in [4.78, 5) is 18.2. The van der Waals surface area contributed by atoms with E-state index in [2.05, 4.69) is 19.7 Å². The lowest BCUT2D eigenvalue weighted by molar-refractivity contribution is -0.127. The fourth-order valence-corrected chi connectivity index (χ4v) is 3.58. The van der Waals surface area contributed by atoms with Crippen LogP contribution in [0, 0.1) is 0 Å². The second kappa shape index (κ2) is 6.55. The Balaban J connectivity index is 1.36. The summed E-state index contributed by atoms with van der Waals surface area (Å²) in [6, 6.07) is 3.78. The van der Waals surface area contributed by atoms with Gasteiger partial charge in [-0.3, -0.25) is 9.78 Å². The van der Waals surface area contributed by atoms with Gasteiger partial charge >= 0.3 is 0 Å². The molecule has 0 spiro atoms. The van der Waals surface area contributed by atoms with Crippen LogP contribution < -0.4 is 0 Å². The number of hydrogen-bond donors (Lipinski definition) is 0. The third-order valence-corrected chi connectivity index (χ3v) is 4.93. The fourth-order valence-electron chi connectivity index (χ4n) is 3.58. The largest absolute Gasteiger partial charge is 0.339 e. The van der Waals surface area contributed by atoms with Gasteiger partial charge in [0.15, 0.2) is 0 Å². The number of pyridine rings is 1. The highest BCUT2D eigenvalue weighted by atomic mass is 16.2. The lowest BCUT2D eigenvalue weighted by atomic mass is 9.96. The summed E-state index contributed by atoms with van der Waals surface area (Å²) in [5, 5.41) is 8.70. The minimum absolute atomic E-state index is 0.0803. The lowest BCUT2D eigenvalue weighted by Crippen LogP contribution is -2.37. The van der Waals surface area contributed by atoms with Crippen LogP contribution in [0.25, 0.3) is 6.08 Å². The van der Waals surface area contributed by atoms with Gasteiger partial charge in [0.1, 0.15) is 11.6 Å². The maximum absolute atomic E-state index is 12.3. The predicted octanol–water partition coefficient (Wildman–Crippen LogP) is 2.04. The van der Waals surface area contributed by atoms with E-state index in [-0.39, 0.29) is 5.91 Å². The Labute approximate surface area is 141 Å². The van der Waals surface area contributed by atoms with Crippen molar-refractivity contribution in [2.75, 3.05) is 13.1 Å². The van der Waals surface area contributed by atoms with Crippen LogP contribution in [-0.4, -0.2) is 43.6 Å². The number of piperidine rings is 1. The molecule has 0 N–H and O–H groups in total. The van der Waals surface area contributed by atoms with E-state index < -0.39 is 0 Å². The average Bonchev–Trinajstić information content (AvgIpc) is 3.24. The smallest absolute Gasteiger partial charge is 0.246 e. The van der Waals surface area contributed by atoms with E-state index in [4.69, 9.17) is 0 Å². The topological polar surface area (TPSA) is 63.9 Å². The first kappa shape index (κ1) is 15.1. The fraction of sp³-hybridized carbons (Fsp3) is 0.444. The molecule has 6 nitrogen and oxygen atoms in total. The van der Waals surface area contributed by atoms with E-state index in [9.17, 15) is 4.79 Å². The number of carbonyl (C=O) groups excluding carboxylic acids is 1. The first-order chi connectivity index (χ1) is 11.8. The van der Waals surface area contributed by atoms with Crippen LogP contribution in [0.2, 0.25) is 0 Å². The molecule has 2 aliphatic rings. The second-order valence-electron chi connectivity index (χ2n) is 6.44. The molecule has 0 saturated carbocycles. The summed E-state index contributed by atoms with van der Waals surface area (Å²) in [5.41, 5.74) is 0.993. The molecule has 24 heavy (non-hydrogen) atoms. The molecule has 2 aliphatic heterocycles. The minimum atomic E-state index is 0.0803. The molecule has 1 saturated heterocycles. The van der Waals surface area contributed by atoms with Crippen molar-refractivity contribution < 1.29 is 4.79 Å². The van der Waals surface area contributed by atoms with E-state index in [1.165, 1.54) is 6.42 Å². The van der Waals surface area contributed by atoms with Crippen molar-refractivity contribution in [3.63, 3.8) is 0 Å². The van der Waals surface area contributed by atoms with E-state index in [1.807, 2.05) is 23.1 Å². The molecule has 4 heterocycles. The van der Waals surface area contributed by atoms with Gasteiger partial charge in [-0.2, -0.15) is 0 Å². The first-order valence-electron chi connectivity index (χ1n) is 8.60. The van der Waals surface area contributed by atoms with Gasteiger partial charge in [0.25, 0.3) is 0 Å². The normalized spacial score (nSPS) is 18.2. The Morgan fingerprint density at radius 2 is 1.92 bits per heavy atom. The highest BCUT2D eigenvalue weighted by molar-refractivity contribution is 5.91. The van der Waals surface area contributed by atoms with Crippen LogP contribution in [-0.2, 0) is 17.8 Å². The molecule has 124 valence electrons. The molecule has 2 aromatic rings. The standard InChI is InChI=1S/C18H21N5O/c24-17(4-3-14-5-9-19-10-6-14)22-12-7-15(8-13-22)18-21-20-16-2-1-11-23(16)18/h3-6,9-10,15H,1-2,7-8,11-13H2/b4-3+. The van der Waals surface area contributed by atoms with Crippen molar-refractivity contribution in [1.82, 2.24) is 24.6 Å². The zero-order valence-corrected chi connectivity index (χ0v) is 13.6. The number of aryl methyl sites for hydroxylation is 1. The second-order valence-corrected chi connectivity index (χ2v) is 6.44. The Hall–Kier alpha value is -2.50. The van der Waals surface area contributed by atoms with Crippen LogP contribution >= 0.6 is 0 Å². The Kier molecular flexibility index (Phi) is 4.11. The van der Waals surface area contributed by atoms with Crippen LogP contribution in [0.15, 0.2) is 30.6 Å². The van der Waals surface area contributed by atoms with E-state index in [0.717, 1.165) is 56.1 Å². The first-order valence-corrected chi connectivity index (χ1v) is 8.60. The zero-order valence-electron chi connectivity index (χ0n) is 13.6. The van der Waals surface area contributed by atoms with E-state index >= 15 is 0 Å². The summed E-state index contributed by atoms with van der Waals surface area (Å²) < 4.78 is 2.28. The minimum Gasteiger partial charge on any atom is -0.339 e. The number of rotatable bonds is 3. The van der Waals surface area contributed by atoms with Crippen LogP contribution in [0.4, 0.5) is 0 Å². The lowest BCUT2D eigenvalue weighted by Gasteiger charge is -2.30. The average molecular weight is 323 g/mol. The van der Waals surface area contributed by atoms with Crippen molar-refractivity contribution in [3.8, 4) is 0 Å². The zero-order chi connectivity index (χ0) is 16.4. The SMILES string of the molecule is O=C(/C=C/c1ccncc1)N1CCC(c2nnc3n2CCC3)CC1. The van der Waals surface area contributed by atoms with Crippen LogP contribution in [0.1, 0.15) is 42.4 Å². The van der Waals surface area contributed by atoms with Gasteiger partial charge in [0.2, 0.25) is 5.91 Å². The molecule has 1 fully saturated rings.